The fourth-order valence-electron chi connectivity index (χ4n) is 4.36. The van der Waals surface area contributed by atoms with E-state index in [0.717, 1.165) is 48.7 Å². The molecule has 0 unspecified atom stereocenters. The molecular weight excluding hydrogens is 446 g/mol. The minimum absolute atomic E-state index is 0.131. The van der Waals surface area contributed by atoms with Gasteiger partial charge in [0.25, 0.3) is 0 Å². The summed E-state index contributed by atoms with van der Waals surface area (Å²) in [5, 5.41) is 6.70. The van der Waals surface area contributed by atoms with Crippen LogP contribution in [0.15, 0.2) is 42.7 Å². The van der Waals surface area contributed by atoms with Crippen LogP contribution in [0.1, 0.15) is 12.8 Å². The largest absolute Gasteiger partial charge is 0.370 e. The molecule has 0 aliphatic carbocycles. The average Bonchev–Trinajstić information content (AvgIpc) is 3.30. The normalized spacial score (nSPS) is 15.0. The van der Waals surface area contributed by atoms with Crippen LogP contribution in [0.25, 0.3) is 33.5 Å². The van der Waals surface area contributed by atoms with Crippen LogP contribution in [0.3, 0.4) is 0 Å². The van der Waals surface area contributed by atoms with E-state index in [1.165, 1.54) is 6.07 Å². The fourth-order valence-corrected chi connectivity index (χ4v) is 4.52. The highest BCUT2D eigenvalue weighted by molar-refractivity contribution is 6.31. The summed E-state index contributed by atoms with van der Waals surface area (Å²) < 4.78 is 28.1. The number of pyridine rings is 2. The molecule has 6 nitrogen and oxygen atoms in total. The molecule has 0 bridgehead atoms. The first-order valence-corrected chi connectivity index (χ1v) is 11.2. The molecular formula is C24H23ClF2N6. The van der Waals surface area contributed by atoms with Crippen LogP contribution in [0.5, 0.6) is 0 Å². The summed E-state index contributed by atoms with van der Waals surface area (Å²) in [5.74, 6) is -1.54. The van der Waals surface area contributed by atoms with Gasteiger partial charge in [0.05, 0.1) is 45.5 Å². The highest BCUT2D eigenvalue weighted by Crippen LogP contribution is 2.34. The first kappa shape index (κ1) is 21.7. The average molecular weight is 469 g/mol. The smallest absolute Gasteiger partial charge is 0.144 e. The van der Waals surface area contributed by atoms with E-state index in [1.807, 2.05) is 24.4 Å². The Balaban J connectivity index is 1.49. The lowest BCUT2D eigenvalue weighted by atomic mass is 10.0. The number of benzene rings is 1. The number of piperidine rings is 1. The van der Waals surface area contributed by atoms with Crippen molar-refractivity contribution in [3.05, 3.63) is 59.4 Å². The van der Waals surface area contributed by atoms with Crippen LogP contribution in [-0.4, -0.2) is 58.3 Å². The predicted molar refractivity (Wildman–Crippen MR) is 126 cm³/mol. The van der Waals surface area contributed by atoms with Crippen molar-refractivity contribution in [1.29, 1.82) is 0 Å². The van der Waals surface area contributed by atoms with Crippen molar-refractivity contribution in [2.24, 2.45) is 0 Å². The number of halogens is 3. The molecule has 1 N–H and O–H groups in total. The summed E-state index contributed by atoms with van der Waals surface area (Å²) in [4.78, 5) is 14.0. The predicted octanol–water partition coefficient (Wildman–Crippen LogP) is 5.15. The maximum absolute atomic E-state index is 14.5. The fraction of sp³-hybridized carbons (Fsp3) is 0.292. The van der Waals surface area contributed by atoms with Gasteiger partial charge in [0.2, 0.25) is 0 Å². The lowest BCUT2D eigenvalue weighted by Gasteiger charge is -2.36. The van der Waals surface area contributed by atoms with Crippen LogP contribution in [0, 0.1) is 11.6 Å². The van der Waals surface area contributed by atoms with Gasteiger partial charge >= 0.3 is 0 Å². The van der Waals surface area contributed by atoms with Crippen molar-refractivity contribution >= 4 is 28.3 Å². The molecule has 33 heavy (non-hydrogen) atoms. The number of rotatable bonds is 4. The van der Waals surface area contributed by atoms with E-state index >= 15 is 0 Å². The van der Waals surface area contributed by atoms with Crippen LogP contribution in [-0.2, 0) is 0 Å². The summed E-state index contributed by atoms with van der Waals surface area (Å²) in [7, 11) is 4.25. The van der Waals surface area contributed by atoms with Gasteiger partial charge < -0.3 is 9.80 Å². The number of aromatic amines is 1. The van der Waals surface area contributed by atoms with E-state index in [9.17, 15) is 8.78 Å². The number of fused-ring (bicyclic) bond motifs is 1. The summed E-state index contributed by atoms with van der Waals surface area (Å²) in [6, 6.07) is 8.35. The molecule has 1 aliphatic rings. The minimum Gasteiger partial charge on any atom is -0.370 e. The quantitative estimate of drug-likeness (QED) is 0.420. The van der Waals surface area contributed by atoms with Gasteiger partial charge in [-0.25, -0.2) is 13.8 Å². The minimum atomic E-state index is -0.809. The van der Waals surface area contributed by atoms with Crippen LogP contribution < -0.4 is 4.90 Å². The first-order valence-electron chi connectivity index (χ1n) is 10.8. The maximum atomic E-state index is 14.5. The number of nitrogens with zero attached hydrogens (tertiary/aromatic N) is 5. The third kappa shape index (κ3) is 4.16. The summed E-state index contributed by atoms with van der Waals surface area (Å²) in [6.45, 7) is 1.93. The second-order valence-corrected chi connectivity index (χ2v) is 8.92. The van der Waals surface area contributed by atoms with Crippen molar-refractivity contribution in [3.63, 3.8) is 0 Å². The van der Waals surface area contributed by atoms with Gasteiger partial charge in [-0.3, -0.25) is 10.1 Å². The standard InChI is InChI=1S/C24H23ClF2N6/c1-32(2)14-5-7-33(8-6-14)15-9-23-22(28-12-15)4-3-21(30-23)17-13-29-31-24(17)16-10-18(25)20(27)11-19(16)26/h3-4,9-14H,5-8H2,1-2H3,(H,29,31). The summed E-state index contributed by atoms with van der Waals surface area (Å²) >= 11 is 5.89. The van der Waals surface area contributed by atoms with Gasteiger partial charge in [0, 0.05) is 36.3 Å². The molecule has 0 spiro atoms. The SMILES string of the molecule is CN(C)C1CCN(c2cnc3ccc(-c4cn[nH]c4-c4cc(Cl)c(F)cc4F)nc3c2)CC1. The number of H-pyrrole nitrogens is 1. The molecule has 9 heteroatoms. The van der Waals surface area contributed by atoms with Gasteiger partial charge in [0.1, 0.15) is 11.6 Å². The van der Waals surface area contributed by atoms with Crippen molar-refractivity contribution in [1.82, 2.24) is 25.1 Å². The second kappa shape index (κ2) is 8.68. The second-order valence-electron chi connectivity index (χ2n) is 8.51. The molecule has 0 radical (unpaired) electrons. The van der Waals surface area contributed by atoms with E-state index in [0.29, 0.717) is 23.0 Å². The molecule has 1 aromatic carbocycles. The Morgan fingerprint density at radius 3 is 2.55 bits per heavy atom. The number of nitrogens with one attached hydrogen (secondary N) is 1. The van der Waals surface area contributed by atoms with Gasteiger partial charge in [-0.1, -0.05) is 11.6 Å². The molecule has 4 heterocycles. The molecule has 1 saturated heterocycles. The maximum Gasteiger partial charge on any atom is 0.144 e. The van der Waals surface area contributed by atoms with Crippen LogP contribution >= 0.6 is 11.6 Å². The lowest BCUT2D eigenvalue weighted by molar-refractivity contribution is 0.249. The van der Waals surface area contributed by atoms with Crippen molar-refractivity contribution in [2.45, 2.75) is 18.9 Å². The molecule has 5 rings (SSSR count). The molecule has 0 atom stereocenters. The molecule has 170 valence electrons. The molecule has 0 saturated carbocycles. The molecule has 0 amide bonds. The van der Waals surface area contributed by atoms with Crippen molar-refractivity contribution in [3.8, 4) is 22.5 Å². The Morgan fingerprint density at radius 1 is 1.00 bits per heavy atom. The molecule has 4 aromatic rings. The Kier molecular flexibility index (Phi) is 5.72. The van der Waals surface area contributed by atoms with Crippen LogP contribution in [0.2, 0.25) is 5.02 Å². The van der Waals surface area contributed by atoms with E-state index < -0.39 is 11.6 Å². The summed E-state index contributed by atoms with van der Waals surface area (Å²) in [5.41, 5.74) is 4.26. The van der Waals surface area contributed by atoms with E-state index in [2.05, 4.69) is 39.1 Å². The van der Waals surface area contributed by atoms with E-state index in [1.54, 1.807) is 6.20 Å². The molecule has 1 fully saturated rings. The Morgan fingerprint density at radius 2 is 1.79 bits per heavy atom. The van der Waals surface area contributed by atoms with E-state index in [-0.39, 0.29) is 10.6 Å². The summed E-state index contributed by atoms with van der Waals surface area (Å²) in [6.07, 6.45) is 5.66. The Hall–Kier alpha value is -3.10. The third-order valence-electron chi connectivity index (χ3n) is 6.28. The first-order chi connectivity index (χ1) is 15.9. The zero-order chi connectivity index (χ0) is 23.1. The lowest BCUT2D eigenvalue weighted by Crippen LogP contribution is -2.42. The topological polar surface area (TPSA) is 60.9 Å². The van der Waals surface area contributed by atoms with Crippen LogP contribution in [0.4, 0.5) is 14.5 Å². The monoisotopic (exact) mass is 468 g/mol. The third-order valence-corrected chi connectivity index (χ3v) is 6.57. The zero-order valence-corrected chi connectivity index (χ0v) is 19.1. The van der Waals surface area contributed by atoms with E-state index in [4.69, 9.17) is 16.6 Å². The number of hydrogen-bond donors (Lipinski definition) is 1. The number of aromatic nitrogens is 4. The number of hydrogen-bond acceptors (Lipinski definition) is 5. The van der Waals surface area contributed by atoms with Gasteiger partial charge in [-0.15, -0.1) is 0 Å². The van der Waals surface area contributed by atoms with Gasteiger partial charge in [-0.2, -0.15) is 5.10 Å². The van der Waals surface area contributed by atoms with Gasteiger partial charge in [-0.05, 0) is 51.2 Å². The highest BCUT2D eigenvalue weighted by atomic mass is 35.5. The molecule has 1 aliphatic heterocycles. The highest BCUT2D eigenvalue weighted by Gasteiger charge is 2.22. The number of anilines is 1. The van der Waals surface area contributed by atoms with Crippen molar-refractivity contribution in [2.75, 3.05) is 32.1 Å². The Bertz CT molecular complexity index is 1310. The Labute approximate surface area is 195 Å². The zero-order valence-electron chi connectivity index (χ0n) is 18.3. The van der Waals surface area contributed by atoms with Gasteiger partial charge in [0.15, 0.2) is 0 Å². The van der Waals surface area contributed by atoms with Crippen molar-refractivity contribution < 1.29 is 8.78 Å². The molecule has 3 aromatic heterocycles.